The van der Waals surface area contributed by atoms with Crippen molar-refractivity contribution < 1.29 is 9.53 Å². The summed E-state index contributed by atoms with van der Waals surface area (Å²) < 4.78 is 5.17. The van der Waals surface area contributed by atoms with Crippen LogP contribution in [0.15, 0.2) is 59.2 Å². The van der Waals surface area contributed by atoms with Gasteiger partial charge in [0.2, 0.25) is 5.90 Å². The van der Waals surface area contributed by atoms with Crippen LogP contribution in [0.2, 0.25) is 10.0 Å². The number of carbonyl (C=O) groups excluding carboxylic acids is 1. The van der Waals surface area contributed by atoms with Crippen LogP contribution < -0.4 is 0 Å². The highest BCUT2D eigenvalue weighted by atomic mass is 35.5. The van der Waals surface area contributed by atoms with E-state index in [0.717, 1.165) is 5.56 Å². The summed E-state index contributed by atoms with van der Waals surface area (Å²) in [5, 5.41) is 0.917. The van der Waals surface area contributed by atoms with E-state index in [1.807, 2.05) is 30.3 Å². The maximum atomic E-state index is 11.9. The molecule has 0 aliphatic carbocycles. The molecule has 0 saturated heterocycles. The number of cyclic esters (lactones) is 1. The van der Waals surface area contributed by atoms with Crippen LogP contribution in [0.4, 0.5) is 0 Å². The molecule has 0 radical (unpaired) electrons. The van der Waals surface area contributed by atoms with Gasteiger partial charge in [0.05, 0.1) is 10.6 Å². The van der Waals surface area contributed by atoms with Crippen LogP contribution >= 0.6 is 23.2 Å². The predicted molar refractivity (Wildman–Crippen MR) is 83.5 cm³/mol. The fraction of sp³-hybridized carbons (Fsp3) is 0. The van der Waals surface area contributed by atoms with Crippen molar-refractivity contribution >= 4 is 41.1 Å². The third kappa shape index (κ3) is 2.99. The first-order valence-corrected chi connectivity index (χ1v) is 6.92. The van der Waals surface area contributed by atoms with Gasteiger partial charge in [0.1, 0.15) is 0 Å². The van der Waals surface area contributed by atoms with E-state index >= 15 is 0 Å². The number of hydrogen-bond donors (Lipinski definition) is 0. The van der Waals surface area contributed by atoms with Gasteiger partial charge >= 0.3 is 5.97 Å². The molecule has 0 N–H and O–H groups in total. The zero-order chi connectivity index (χ0) is 14.8. The monoisotopic (exact) mass is 317 g/mol. The minimum Gasteiger partial charge on any atom is -0.402 e. The molecule has 0 unspecified atom stereocenters. The van der Waals surface area contributed by atoms with E-state index in [1.165, 1.54) is 0 Å². The van der Waals surface area contributed by atoms with Crippen LogP contribution in [0.1, 0.15) is 11.1 Å². The van der Waals surface area contributed by atoms with E-state index in [4.69, 9.17) is 27.9 Å². The summed E-state index contributed by atoms with van der Waals surface area (Å²) in [4.78, 5) is 16.1. The van der Waals surface area contributed by atoms with Gasteiger partial charge in [0.25, 0.3) is 0 Å². The standard InChI is InChI=1S/C16H9Cl2NO2/c17-11-6-7-13(18)12(9-11)15-19-14(16(20)21-15)8-10-4-2-1-3-5-10/h1-9H/b14-8-. The quantitative estimate of drug-likeness (QED) is 0.610. The normalized spacial score (nSPS) is 16.0. The first kappa shape index (κ1) is 13.9. The van der Waals surface area contributed by atoms with Crippen molar-refractivity contribution in [2.75, 3.05) is 0 Å². The Hall–Kier alpha value is -2.10. The van der Waals surface area contributed by atoms with E-state index in [2.05, 4.69) is 4.99 Å². The summed E-state index contributed by atoms with van der Waals surface area (Å²) in [5.74, 6) is -0.348. The number of rotatable bonds is 2. The molecular weight excluding hydrogens is 309 g/mol. The van der Waals surface area contributed by atoms with Crippen molar-refractivity contribution in [2.24, 2.45) is 4.99 Å². The number of nitrogens with zero attached hydrogens (tertiary/aromatic N) is 1. The van der Waals surface area contributed by atoms with Crippen molar-refractivity contribution in [1.29, 1.82) is 0 Å². The van der Waals surface area contributed by atoms with Gasteiger partial charge in [-0.2, -0.15) is 0 Å². The Labute approximate surface area is 131 Å². The average Bonchev–Trinajstić information content (AvgIpc) is 2.84. The maximum absolute atomic E-state index is 11.9. The summed E-state index contributed by atoms with van der Waals surface area (Å²) in [6.07, 6.45) is 1.66. The highest BCUT2D eigenvalue weighted by Gasteiger charge is 2.25. The van der Waals surface area contributed by atoms with Gasteiger partial charge in [-0.15, -0.1) is 0 Å². The second-order valence-corrected chi connectivity index (χ2v) is 5.21. The molecule has 21 heavy (non-hydrogen) atoms. The summed E-state index contributed by atoms with van der Waals surface area (Å²) >= 11 is 12.0. The topological polar surface area (TPSA) is 38.7 Å². The van der Waals surface area contributed by atoms with Crippen LogP contribution in [0.3, 0.4) is 0 Å². The summed E-state index contributed by atoms with van der Waals surface area (Å²) in [5.41, 5.74) is 1.59. The lowest BCUT2D eigenvalue weighted by atomic mass is 10.2. The lowest BCUT2D eigenvalue weighted by molar-refractivity contribution is -0.129. The lowest BCUT2D eigenvalue weighted by Gasteiger charge is -2.02. The van der Waals surface area contributed by atoms with Crippen molar-refractivity contribution in [1.82, 2.24) is 0 Å². The third-order valence-electron chi connectivity index (χ3n) is 2.88. The molecule has 1 aliphatic heterocycles. The van der Waals surface area contributed by atoms with Gasteiger partial charge in [-0.25, -0.2) is 9.79 Å². The SMILES string of the molecule is O=C1OC(c2cc(Cl)ccc2Cl)=N/C1=C\c1ccccc1. The maximum Gasteiger partial charge on any atom is 0.363 e. The van der Waals surface area contributed by atoms with Crippen LogP contribution in [-0.2, 0) is 9.53 Å². The van der Waals surface area contributed by atoms with Crippen molar-refractivity contribution in [3.05, 3.63) is 75.4 Å². The molecule has 3 rings (SSSR count). The molecule has 0 fully saturated rings. The van der Waals surface area contributed by atoms with Gasteiger partial charge < -0.3 is 4.74 Å². The van der Waals surface area contributed by atoms with Gasteiger partial charge in [0, 0.05) is 5.02 Å². The largest absolute Gasteiger partial charge is 0.402 e. The Kier molecular flexibility index (Phi) is 3.78. The molecule has 3 nitrogen and oxygen atoms in total. The molecule has 0 atom stereocenters. The first-order chi connectivity index (χ1) is 10.1. The lowest BCUT2D eigenvalue weighted by Crippen LogP contribution is -2.06. The number of ether oxygens (including phenoxy) is 1. The molecule has 104 valence electrons. The number of hydrogen-bond acceptors (Lipinski definition) is 3. The van der Waals surface area contributed by atoms with Gasteiger partial charge in [-0.1, -0.05) is 53.5 Å². The zero-order valence-electron chi connectivity index (χ0n) is 10.7. The molecule has 0 amide bonds. The Morgan fingerprint density at radius 3 is 2.57 bits per heavy atom. The highest BCUT2D eigenvalue weighted by Crippen LogP contribution is 2.26. The van der Waals surface area contributed by atoms with E-state index in [-0.39, 0.29) is 11.6 Å². The molecule has 5 heteroatoms. The summed E-state index contributed by atoms with van der Waals surface area (Å²) in [6.45, 7) is 0. The molecule has 0 saturated carbocycles. The van der Waals surface area contributed by atoms with Crippen LogP contribution in [-0.4, -0.2) is 11.9 Å². The van der Waals surface area contributed by atoms with E-state index in [0.29, 0.717) is 15.6 Å². The number of esters is 1. The fourth-order valence-corrected chi connectivity index (χ4v) is 2.26. The third-order valence-corrected chi connectivity index (χ3v) is 3.45. The van der Waals surface area contributed by atoms with Crippen LogP contribution in [0, 0.1) is 0 Å². The van der Waals surface area contributed by atoms with Gasteiger partial charge in [-0.05, 0) is 29.8 Å². The smallest absolute Gasteiger partial charge is 0.363 e. The Morgan fingerprint density at radius 1 is 1.05 bits per heavy atom. The number of benzene rings is 2. The molecular formula is C16H9Cl2NO2. The Bertz CT molecular complexity index is 767. The van der Waals surface area contributed by atoms with Crippen LogP contribution in [0.5, 0.6) is 0 Å². The predicted octanol–water partition coefficient (Wildman–Crippen LogP) is 4.34. The van der Waals surface area contributed by atoms with E-state index in [9.17, 15) is 4.79 Å². The minimum atomic E-state index is -0.509. The minimum absolute atomic E-state index is 0.162. The summed E-state index contributed by atoms with van der Waals surface area (Å²) in [7, 11) is 0. The first-order valence-electron chi connectivity index (χ1n) is 6.16. The molecule has 2 aromatic rings. The average molecular weight is 318 g/mol. The van der Waals surface area contributed by atoms with Gasteiger partial charge in [-0.3, -0.25) is 0 Å². The van der Waals surface area contributed by atoms with E-state index in [1.54, 1.807) is 24.3 Å². The molecule has 0 bridgehead atoms. The molecule has 0 aromatic heterocycles. The van der Waals surface area contributed by atoms with Crippen molar-refractivity contribution in [3.8, 4) is 0 Å². The molecule has 2 aromatic carbocycles. The summed E-state index contributed by atoms with van der Waals surface area (Å²) in [6, 6.07) is 14.3. The Morgan fingerprint density at radius 2 is 1.81 bits per heavy atom. The second kappa shape index (κ2) is 5.72. The Balaban J connectivity index is 1.99. The highest BCUT2D eigenvalue weighted by molar-refractivity contribution is 6.36. The van der Waals surface area contributed by atoms with Crippen LogP contribution in [0.25, 0.3) is 6.08 Å². The zero-order valence-corrected chi connectivity index (χ0v) is 12.2. The van der Waals surface area contributed by atoms with Crippen molar-refractivity contribution in [2.45, 2.75) is 0 Å². The van der Waals surface area contributed by atoms with E-state index < -0.39 is 5.97 Å². The number of carbonyl (C=O) groups is 1. The van der Waals surface area contributed by atoms with Gasteiger partial charge in [0.15, 0.2) is 5.70 Å². The fourth-order valence-electron chi connectivity index (χ4n) is 1.89. The number of halogens is 2. The molecule has 1 heterocycles. The van der Waals surface area contributed by atoms with Crippen molar-refractivity contribution in [3.63, 3.8) is 0 Å². The second-order valence-electron chi connectivity index (χ2n) is 4.37. The molecule has 1 aliphatic rings. The number of aliphatic imine (C=N–C) groups is 1. The molecule has 0 spiro atoms.